The lowest BCUT2D eigenvalue weighted by Crippen LogP contribution is -2.50. The molecule has 1 atom stereocenters. The fourth-order valence-corrected chi connectivity index (χ4v) is 0.902. The first-order chi connectivity index (χ1) is 5.66. The molecule has 0 heterocycles. The fraction of sp³-hybridized carbons (Fsp3) is 1.00. The van der Waals surface area contributed by atoms with Gasteiger partial charge in [0.25, 0.3) is 0 Å². The molecular formula is C6H16N2O4. The second-order valence-electron chi connectivity index (χ2n) is 2.70. The summed E-state index contributed by atoms with van der Waals surface area (Å²) in [4.78, 5) is 4.15. The summed E-state index contributed by atoms with van der Waals surface area (Å²) in [6.45, 7) is -0.621. The Morgan fingerprint density at radius 3 is 2.25 bits per heavy atom. The lowest BCUT2D eigenvalue weighted by Gasteiger charge is -2.32. The first-order valence-electron chi connectivity index (χ1n) is 3.56. The van der Waals surface area contributed by atoms with Crippen LogP contribution >= 0.6 is 0 Å². The first-order valence-corrected chi connectivity index (χ1v) is 3.56. The number of nitrogens with two attached hydrogens (primary N) is 1. The van der Waals surface area contributed by atoms with Crippen molar-refractivity contribution >= 4 is 0 Å². The molecule has 0 aromatic heterocycles. The highest BCUT2D eigenvalue weighted by Gasteiger charge is 2.37. The molecule has 6 heteroatoms. The molecule has 1 unspecified atom stereocenters. The molecule has 0 radical (unpaired) electrons. The van der Waals surface area contributed by atoms with E-state index in [0.717, 1.165) is 0 Å². The third-order valence-corrected chi connectivity index (χ3v) is 1.81. The topological polar surface area (TPSA) is 108 Å². The molecule has 0 saturated carbocycles. The van der Waals surface area contributed by atoms with Gasteiger partial charge in [-0.05, 0) is 7.05 Å². The van der Waals surface area contributed by atoms with Crippen molar-refractivity contribution in [2.75, 3.05) is 26.8 Å². The first kappa shape index (κ1) is 11.8. The quantitative estimate of drug-likeness (QED) is 0.226. The third kappa shape index (κ3) is 2.37. The molecule has 0 bridgehead atoms. The summed E-state index contributed by atoms with van der Waals surface area (Å²) in [7, 11) is 1.63. The van der Waals surface area contributed by atoms with Gasteiger partial charge in [0.1, 0.15) is 0 Å². The van der Waals surface area contributed by atoms with Crippen molar-refractivity contribution in [1.29, 1.82) is 0 Å². The van der Waals surface area contributed by atoms with Gasteiger partial charge in [-0.1, -0.05) is 0 Å². The van der Waals surface area contributed by atoms with Crippen molar-refractivity contribution < 1.29 is 20.2 Å². The zero-order valence-electron chi connectivity index (χ0n) is 7.03. The summed E-state index contributed by atoms with van der Waals surface area (Å²) < 4.78 is 0. The van der Waals surface area contributed by atoms with Gasteiger partial charge >= 0.3 is 0 Å². The molecule has 0 aromatic rings. The summed E-state index contributed by atoms with van der Waals surface area (Å²) in [5.41, 5.74) is -1.15. The number of aliphatic hydroxyl groups excluding tert-OH is 3. The van der Waals surface area contributed by atoms with Crippen molar-refractivity contribution in [2.45, 2.75) is 6.29 Å². The highest BCUT2D eigenvalue weighted by molar-refractivity contribution is 4.82. The van der Waals surface area contributed by atoms with E-state index in [9.17, 15) is 5.11 Å². The Labute approximate surface area is 70.9 Å². The van der Waals surface area contributed by atoms with Gasteiger partial charge in [-0.15, -0.1) is 0 Å². The van der Waals surface area contributed by atoms with Crippen LogP contribution in [-0.2, 0) is 4.84 Å². The summed E-state index contributed by atoms with van der Waals surface area (Å²) in [5.74, 6) is 4.74. The minimum absolute atomic E-state index is 0.207. The second kappa shape index (κ2) is 5.41. The predicted octanol–water partition coefficient (Wildman–Crippen LogP) is -2.61. The molecule has 0 aliphatic rings. The number of hydrogen-bond donors (Lipinski definition) is 5. The maximum absolute atomic E-state index is 9.19. The van der Waals surface area contributed by atoms with Gasteiger partial charge in [-0.2, -0.15) is 0 Å². The number of hydrogen-bond acceptors (Lipinski definition) is 6. The van der Waals surface area contributed by atoms with Crippen LogP contribution in [0.2, 0.25) is 0 Å². The van der Waals surface area contributed by atoms with Gasteiger partial charge < -0.3 is 20.6 Å². The molecule has 0 aliphatic heterocycles. The van der Waals surface area contributed by atoms with E-state index in [4.69, 9.17) is 16.1 Å². The maximum atomic E-state index is 9.19. The van der Waals surface area contributed by atoms with Crippen LogP contribution in [0.5, 0.6) is 0 Å². The summed E-state index contributed by atoms with van der Waals surface area (Å²) in [5, 5.41) is 29.7. The molecule has 0 spiro atoms. The molecule has 74 valence electrons. The van der Waals surface area contributed by atoms with Crippen LogP contribution in [0.4, 0.5) is 0 Å². The van der Waals surface area contributed by atoms with Crippen molar-refractivity contribution in [3.8, 4) is 0 Å². The van der Waals surface area contributed by atoms with Gasteiger partial charge in [0.2, 0.25) is 0 Å². The molecule has 0 fully saturated rings. The Kier molecular flexibility index (Phi) is 5.31. The second-order valence-corrected chi connectivity index (χ2v) is 2.70. The van der Waals surface area contributed by atoms with Crippen molar-refractivity contribution in [1.82, 2.24) is 5.32 Å². The molecule has 6 nitrogen and oxygen atoms in total. The van der Waals surface area contributed by atoms with Crippen LogP contribution in [0.25, 0.3) is 0 Å². The fourth-order valence-electron chi connectivity index (χ4n) is 0.902. The van der Waals surface area contributed by atoms with Crippen LogP contribution in [0, 0.1) is 5.41 Å². The molecule has 0 saturated heterocycles. The molecule has 0 amide bonds. The van der Waals surface area contributed by atoms with Crippen LogP contribution < -0.4 is 11.2 Å². The number of nitrogens with one attached hydrogen (secondary N) is 1. The molecule has 0 aromatic carbocycles. The van der Waals surface area contributed by atoms with E-state index in [1.807, 2.05) is 0 Å². The van der Waals surface area contributed by atoms with Crippen LogP contribution in [0.15, 0.2) is 0 Å². The monoisotopic (exact) mass is 180 g/mol. The SMILES string of the molecule is CNCC(CO)(CO)C(O)ON. The van der Waals surface area contributed by atoms with Gasteiger partial charge in [-0.3, -0.25) is 4.84 Å². The van der Waals surface area contributed by atoms with Gasteiger partial charge in [0, 0.05) is 6.54 Å². The molecule has 6 N–H and O–H groups in total. The van der Waals surface area contributed by atoms with E-state index in [-0.39, 0.29) is 6.54 Å². The van der Waals surface area contributed by atoms with E-state index in [1.165, 1.54) is 0 Å². The molecule has 12 heavy (non-hydrogen) atoms. The molecule has 0 rings (SSSR count). The highest BCUT2D eigenvalue weighted by Crippen LogP contribution is 2.19. The highest BCUT2D eigenvalue weighted by atomic mass is 16.7. The van der Waals surface area contributed by atoms with E-state index >= 15 is 0 Å². The predicted molar refractivity (Wildman–Crippen MR) is 41.8 cm³/mol. The summed E-state index contributed by atoms with van der Waals surface area (Å²) in [6.07, 6.45) is -1.39. The van der Waals surface area contributed by atoms with E-state index in [1.54, 1.807) is 7.05 Å². The zero-order chi connectivity index (χ0) is 9.61. The summed E-state index contributed by atoms with van der Waals surface area (Å²) in [6, 6.07) is 0. The lowest BCUT2D eigenvalue weighted by atomic mass is 9.89. The lowest BCUT2D eigenvalue weighted by molar-refractivity contribution is -0.200. The number of aliphatic hydroxyl groups is 3. The third-order valence-electron chi connectivity index (χ3n) is 1.81. The van der Waals surface area contributed by atoms with Crippen LogP contribution in [0.3, 0.4) is 0 Å². The Hall–Kier alpha value is -0.240. The Morgan fingerprint density at radius 2 is 2.00 bits per heavy atom. The van der Waals surface area contributed by atoms with Gasteiger partial charge in [0.15, 0.2) is 6.29 Å². The van der Waals surface area contributed by atoms with E-state index in [0.29, 0.717) is 0 Å². The van der Waals surface area contributed by atoms with E-state index in [2.05, 4.69) is 10.2 Å². The smallest absolute Gasteiger partial charge is 0.185 e. The summed E-state index contributed by atoms with van der Waals surface area (Å²) >= 11 is 0. The largest absolute Gasteiger partial charge is 0.395 e. The van der Waals surface area contributed by atoms with Crippen molar-refractivity contribution in [3.63, 3.8) is 0 Å². The Balaban J connectivity index is 4.33. The zero-order valence-corrected chi connectivity index (χ0v) is 7.03. The average molecular weight is 180 g/mol. The van der Waals surface area contributed by atoms with Crippen LogP contribution in [-0.4, -0.2) is 48.4 Å². The van der Waals surface area contributed by atoms with Crippen LogP contribution in [0.1, 0.15) is 0 Å². The standard InChI is InChI=1S/C6H16N2O4/c1-8-2-6(3-9,4-10)5(11)12-7/h5,8-11H,2-4,7H2,1H3. The van der Waals surface area contributed by atoms with Crippen molar-refractivity contribution in [2.24, 2.45) is 11.3 Å². The molecule has 0 aliphatic carbocycles. The number of rotatable bonds is 6. The minimum Gasteiger partial charge on any atom is -0.395 e. The Morgan fingerprint density at radius 1 is 1.50 bits per heavy atom. The molecular weight excluding hydrogens is 164 g/mol. The maximum Gasteiger partial charge on any atom is 0.185 e. The Bertz CT molecular complexity index is 118. The normalized spacial score (nSPS) is 14.8. The van der Waals surface area contributed by atoms with Gasteiger partial charge in [-0.25, -0.2) is 5.90 Å². The van der Waals surface area contributed by atoms with Crippen molar-refractivity contribution in [3.05, 3.63) is 0 Å². The average Bonchev–Trinajstić information content (AvgIpc) is 2.13. The van der Waals surface area contributed by atoms with E-state index < -0.39 is 24.9 Å². The van der Waals surface area contributed by atoms with Gasteiger partial charge in [0.05, 0.1) is 18.6 Å². The minimum atomic E-state index is -1.39.